The van der Waals surface area contributed by atoms with Crippen LogP contribution in [0.2, 0.25) is 0 Å². The summed E-state index contributed by atoms with van der Waals surface area (Å²) in [6.07, 6.45) is 4.30. The van der Waals surface area contributed by atoms with E-state index < -0.39 is 0 Å². The largest absolute Gasteiger partial charge is 0.476 e. The number of fused-ring (bicyclic) bond motifs is 2. The van der Waals surface area contributed by atoms with Crippen LogP contribution in [0.5, 0.6) is 5.88 Å². The SMILES string of the molecule is O=c1[nH]cccc1-c1nc(OCCc2c[nH]c3ccccc23)c2ncsc2n1. The molecule has 0 radical (unpaired) electrons. The van der Waals surface area contributed by atoms with Crippen LogP contribution < -0.4 is 10.3 Å². The van der Waals surface area contributed by atoms with Gasteiger partial charge in [0.05, 0.1) is 17.7 Å². The van der Waals surface area contributed by atoms with Crippen LogP contribution >= 0.6 is 11.3 Å². The lowest BCUT2D eigenvalue weighted by Crippen LogP contribution is -2.10. The van der Waals surface area contributed by atoms with Crippen LogP contribution in [0.25, 0.3) is 32.6 Å². The van der Waals surface area contributed by atoms with E-state index >= 15 is 0 Å². The molecule has 0 unspecified atom stereocenters. The molecule has 28 heavy (non-hydrogen) atoms. The van der Waals surface area contributed by atoms with Crippen molar-refractivity contribution in [3.05, 3.63) is 70.2 Å². The lowest BCUT2D eigenvalue weighted by Gasteiger charge is -2.07. The van der Waals surface area contributed by atoms with E-state index in [9.17, 15) is 4.79 Å². The van der Waals surface area contributed by atoms with Gasteiger partial charge in [0.15, 0.2) is 16.2 Å². The van der Waals surface area contributed by atoms with Crippen LogP contribution in [-0.2, 0) is 6.42 Å². The highest BCUT2D eigenvalue weighted by atomic mass is 32.1. The molecule has 7 nitrogen and oxygen atoms in total. The Morgan fingerprint density at radius 2 is 2.00 bits per heavy atom. The van der Waals surface area contributed by atoms with E-state index in [1.165, 1.54) is 22.3 Å². The summed E-state index contributed by atoms with van der Waals surface area (Å²) in [6.45, 7) is 0.441. The summed E-state index contributed by atoms with van der Waals surface area (Å²) in [5.41, 5.74) is 4.76. The molecular weight excluding hydrogens is 374 g/mol. The third-order valence-corrected chi connectivity index (χ3v) is 5.23. The number of H-pyrrole nitrogens is 2. The highest BCUT2D eigenvalue weighted by Crippen LogP contribution is 2.27. The summed E-state index contributed by atoms with van der Waals surface area (Å²) in [5.74, 6) is 0.727. The summed E-state index contributed by atoms with van der Waals surface area (Å²) in [7, 11) is 0. The Balaban J connectivity index is 1.44. The molecule has 5 aromatic rings. The molecule has 0 bridgehead atoms. The zero-order valence-electron chi connectivity index (χ0n) is 14.7. The highest BCUT2D eigenvalue weighted by Gasteiger charge is 2.15. The molecule has 0 aliphatic heterocycles. The number of aromatic amines is 2. The minimum atomic E-state index is -0.240. The Labute approximate surface area is 163 Å². The van der Waals surface area contributed by atoms with Crippen molar-refractivity contribution in [2.45, 2.75) is 6.42 Å². The number of benzene rings is 1. The maximum atomic E-state index is 12.1. The first-order chi connectivity index (χ1) is 13.8. The van der Waals surface area contributed by atoms with Crippen molar-refractivity contribution in [3.8, 4) is 17.3 Å². The Hall–Kier alpha value is -3.52. The van der Waals surface area contributed by atoms with Gasteiger partial charge in [0.1, 0.15) is 0 Å². The molecule has 0 saturated heterocycles. The third-order valence-electron chi connectivity index (χ3n) is 4.51. The summed E-state index contributed by atoms with van der Waals surface area (Å²) in [5, 5.41) is 1.18. The van der Waals surface area contributed by atoms with Gasteiger partial charge < -0.3 is 14.7 Å². The zero-order valence-corrected chi connectivity index (χ0v) is 15.5. The van der Waals surface area contributed by atoms with Gasteiger partial charge >= 0.3 is 0 Å². The minimum Gasteiger partial charge on any atom is -0.476 e. The van der Waals surface area contributed by atoms with Gasteiger partial charge in [-0.05, 0) is 23.8 Å². The molecule has 0 saturated carbocycles. The van der Waals surface area contributed by atoms with E-state index in [0.29, 0.717) is 34.2 Å². The Morgan fingerprint density at radius 1 is 1.07 bits per heavy atom. The monoisotopic (exact) mass is 389 g/mol. The first-order valence-corrected chi connectivity index (χ1v) is 9.64. The van der Waals surface area contributed by atoms with Crippen LogP contribution in [0.4, 0.5) is 0 Å². The standard InChI is InChI=1S/C20H15N5O2S/c26-18-14(5-3-8-21-18)17-24-19(16-20(25-17)28-11-23-16)27-9-7-12-10-22-15-6-2-1-4-13(12)15/h1-6,8,10-11,22H,7,9H2,(H,21,26). The first kappa shape index (κ1) is 16.6. The second-order valence-corrected chi connectivity index (χ2v) is 7.06. The highest BCUT2D eigenvalue weighted by molar-refractivity contribution is 7.16. The number of pyridine rings is 1. The van der Waals surface area contributed by atoms with E-state index in [1.54, 1.807) is 23.8 Å². The van der Waals surface area contributed by atoms with Crippen molar-refractivity contribution in [2.75, 3.05) is 6.61 Å². The van der Waals surface area contributed by atoms with Crippen LogP contribution in [0.3, 0.4) is 0 Å². The van der Waals surface area contributed by atoms with Gasteiger partial charge in [-0.25, -0.2) is 9.97 Å². The number of aromatic nitrogens is 5. The van der Waals surface area contributed by atoms with E-state index in [0.717, 1.165) is 11.9 Å². The van der Waals surface area contributed by atoms with Crippen molar-refractivity contribution >= 4 is 32.6 Å². The van der Waals surface area contributed by atoms with Gasteiger partial charge in [-0.15, -0.1) is 11.3 Å². The molecule has 5 rings (SSSR count). The topological polar surface area (TPSA) is 96.6 Å². The number of thiazole rings is 1. The van der Waals surface area contributed by atoms with Crippen LogP contribution in [0.15, 0.2) is 59.1 Å². The van der Waals surface area contributed by atoms with Gasteiger partial charge in [0.25, 0.3) is 5.56 Å². The summed E-state index contributed by atoms with van der Waals surface area (Å²) < 4.78 is 5.97. The minimum absolute atomic E-state index is 0.240. The maximum Gasteiger partial charge on any atom is 0.259 e. The fourth-order valence-corrected chi connectivity index (χ4v) is 3.80. The van der Waals surface area contributed by atoms with Crippen LogP contribution in [0, 0.1) is 0 Å². The normalized spacial score (nSPS) is 11.3. The lowest BCUT2D eigenvalue weighted by molar-refractivity contribution is 0.313. The van der Waals surface area contributed by atoms with Crippen molar-refractivity contribution < 1.29 is 4.74 Å². The molecule has 0 atom stereocenters. The summed E-state index contributed by atoms with van der Waals surface area (Å²) >= 11 is 1.39. The predicted octanol–water partition coefficient (Wildman–Crippen LogP) is 3.54. The van der Waals surface area contributed by atoms with Gasteiger partial charge in [-0.3, -0.25) is 4.79 Å². The molecule has 0 spiro atoms. The third kappa shape index (κ3) is 2.93. The molecule has 138 valence electrons. The molecular formula is C20H15N5O2S. The number of hydrogen-bond donors (Lipinski definition) is 2. The van der Waals surface area contributed by atoms with Crippen molar-refractivity contribution in [1.82, 2.24) is 24.9 Å². The van der Waals surface area contributed by atoms with E-state index in [4.69, 9.17) is 4.74 Å². The van der Waals surface area contributed by atoms with Gasteiger partial charge in [-0.1, -0.05) is 18.2 Å². The fraction of sp³-hybridized carbons (Fsp3) is 0.100. The molecule has 0 aliphatic rings. The van der Waals surface area contributed by atoms with Crippen molar-refractivity contribution in [3.63, 3.8) is 0 Å². The average Bonchev–Trinajstić information content (AvgIpc) is 3.35. The van der Waals surface area contributed by atoms with Crippen LogP contribution in [0.1, 0.15) is 5.56 Å². The maximum absolute atomic E-state index is 12.1. The number of para-hydroxylation sites is 1. The van der Waals surface area contributed by atoms with Gasteiger partial charge in [-0.2, -0.15) is 4.98 Å². The number of nitrogens with one attached hydrogen (secondary N) is 2. The molecule has 0 amide bonds. The number of rotatable bonds is 5. The smallest absolute Gasteiger partial charge is 0.259 e. The number of nitrogens with zero attached hydrogens (tertiary/aromatic N) is 3. The number of ether oxygens (including phenoxy) is 1. The predicted molar refractivity (Wildman–Crippen MR) is 109 cm³/mol. The van der Waals surface area contributed by atoms with Crippen molar-refractivity contribution in [1.29, 1.82) is 0 Å². The Bertz CT molecular complexity index is 1340. The quantitative estimate of drug-likeness (QED) is 0.479. The molecule has 4 heterocycles. The second kappa shape index (κ2) is 6.90. The molecule has 0 aliphatic carbocycles. The molecule has 2 N–H and O–H groups in total. The van der Waals surface area contributed by atoms with E-state index in [-0.39, 0.29) is 5.56 Å². The van der Waals surface area contributed by atoms with Gasteiger partial charge in [0, 0.05) is 29.7 Å². The molecule has 0 fully saturated rings. The molecule has 4 aromatic heterocycles. The number of hydrogen-bond acceptors (Lipinski definition) is 6. The molecule has 8 heteroatoms. The average molecular weight is 389 g/mol. The summed E-state index contributed by atoms with van der Waals surface area (Å²) in [6, 6.07) is 11.6. The molecule has 1 aromatic carbocycles. The summed E-state index contributed by atoms with van der Waals surface area (Å²) in [4.78, 5) is 32.0. The second-order valence-electron chi connectivity index (χ2n) is 6.23. The zero-order chi connectivity index (χ0) is 18.9. The first-order valence-electron chi connectivity index (χ1n) is 8.77. The van der Waals surface area contributed by atoms with Crippen molar-refractivity contribution in [2.24, 2.45) is 0 Å². The Kier molecular flexibility index (Phi) is 4.10. The van der Waals surface area contributed by atoms with E-state index in [2.05, 4.69) is 31.0 Å². The Morgan fingerprint density at radius 3 is 2.93 bits per heavy atom. The lowest BCUT2D eigenvalue weighted by atomic mass is 10.1. The van der Waals surface area contributed by atoms with Gasteiger partial charge in [0.2, 0.25) is 5.88 Å². The fourth-order valence-electron chi connectivity index (χ4n) is 3.15. The van der Waals surface area contributed by atoms with Crippen LogP contribution in [-0.4, -0.2) is 31.5 Å². The van der Waals surface area contributed by atoms with E-state index in [1.807, 2.05) is 24.4 Å².